The molecule has 3 saturated heterocycles. The van der Waals surface area contributed by atoms with Gasteiger partial charge in [0.05, 0.1) is 11.6 Å². The molecule has 0 spiro atoms. The van der Waals surface area contributed by atoms with Gasteiger partial charge in [0.1, 0.15) is 11.9 Å². The lowest BCUT2D eigenvalue weighted by molar-refractivity contribution is -0.0594. The van der Waals surface area contributed by atoms with Crippen molar-refractivity contribution in [3.63, 3.8) is 0 Å². The average Bonchev–Trinajstić information content (AvgIpc) is 2.71. The van der Waals surface area contributed by atoms with Crippen LogP contribution in [0.25, 0.3) is 10.9 Å². The van der Waals surface area contributed by atoms with E-state index in [9.17, 15) is 4.39 Å². The van der Waals surface area contributed by atoms with E-state index in [1.165, 1.54) is 30.5 Å². The first-order valence-corrected chi connectivity index (χ1v) is 9.62. The largest absolute Gasteiger partial charge is 0.472 e. The van der Waals surface area contributed by atoms with Crippen molar-refractivity contribution < 1.29 is 9.13 Å². The van der Waals surface area contributed by atoms with Gasteiger partial charge in [0.25, 0.3) is 0 Å². The molecule has 2 atom stereocenters. The highest BCUT2D eigenvalue weighted by Crippen LogP contribution is 2.36. The van der Waals surface area contributed by atoms with Gasteiger partial charge in [-0.25, -0.2) is 9.37 Å². The highest BCUT2D eigenvalue weighted by Gasteiger charge is 2.43. The Morgan fingerprint density at radius 3 is 2.81 bits per heavy atom. The van der Waals surface area contributed by atoms with Crippen LogP contribution in [0, 0.1) is 11.7 Å². The average molecular weight is 363 g/mol. The van der Waals surface area contributed by atoms with E-state index in [-0.39, 0.29) is 11.9 Å². The Bertz CT molecular complexity index is 941. The number of hydrogen-bond donors (Lipinski definition) is 0. The van der Waals surface area contributed by atoms with E-state index in [4.69, 9.17) is 4.74 Å². The Hall–Kier alpha value is -2.53. The number of rotatable bonds is 4. The molecule has 0 amide bonds. The number of hydrogen-bond acceptors (Lipinski definition) is 4. The van der Waals surface area contributed by atoms with Crippen molar-refractivity contribution in [3.05, 3.63) is 66.2 Å². The molecule has 5 heterocycles. The topological polar surface area (TPSA) is 38.2 Å². The second-order valence-electron chi connectivity index (χ2n) is 7.58. The van der Waals surface area contributed by atoms with Gasteiger partial charge in [-0.15, -0.1) is 0 Å². The molecule has 2 aromatic heterocycles. The monoisotopic (exact) mass is 363 g/mol. The molecular weight excluding hydrogens is 341 g/mol. The first-order chi connectivity index (χ1) is 13.3. The zero-order valence-electron chi connectivity index (χ0n) is 15.1. The molecule has 2 bridgehead atoms. The summed E-state index contributed by atoms with van der Waals surface area (Å²) >= 11 is 0. The smallest absolute Gasteiger partial charge is 0.214 e. The van der Waals surface area contributed by atoms with E-state index in [1.807, 2.05) is 30.6 Å². The van der Waals surface area contributed by atoms with Gasteiger partial charge >= 0.3 is 0 Å². The fraction of sp³-hybridized carbons (Fsp3) is 0.364. The Morgan fingerprint density at radius 2 is 2.00 bits per heavy atom. The fourth-order valence-electron chi connectivity index (χ4n) is 4.56. The molecular formula is C22H22FN3O. The van der Waals surface area contributed by atoms with E-state index in [2.05, 4.69) is 20.9 Å². The maximum absolute atomic E-state index is 13.4. The number of nitrogens with zero attached hydrogens (tertiary/aromatic N) is 3. The van der Waals surface area contributed by atoms with Crippen LogP contribution < -0.4 is 4.74 Å². The predicted molar refractivity (Wildman–Crippen MR) is 102 cm³/mol. The minimum absolute atomic E-state index is 0.123. The van der Waals surface area contributed by atoms with Crippen molar-refractivity contribution in [3.8, 4) is 5.88 Å². The van der Waals surface area contributed by atoms with Crippen LogP contribution in [0.3, 0.4) is 0 Å². The molecule has 0 saturated carbocycles. The number of piperidine rings is 3. The molecule has 1 aromatic carbocycles. The SMILES string of the molecule is Fc1ccc2nc(OC3C4CCN(CC4)C3Cc3cccnc3)ccc2c1. The summed E-state index contributed by atoms with van der Waals surface area (Å²) in [5, 5.41) is 0.795. The van der Waals surface area contributed by atoms with Gasteiger partial charge in [-0.1, -0.05) is 6.07 Å². The van der Waals surface area contributed by atoms with Gasteiger partial charge in [0.2, 0.25) is 5.88 Å². The number of aromatic nitrogens is 2. The Kier molecular flexibility index (Phi) is 4.24. The second-order valence-corrected chi connectivity index (χ2v) is 7.58. The molecule has 0 aliphatic carbocycles. The third-order valence-electron chi connectivity index (χ3n) is 5.94. The number of pyridine rings is 2. The molecule has 2 unspecified atom stereocenters. The normalized spacial score (nSPS) is 27.0. The van der Waals surface area contributed by atoms with Crippen molar-refractivity contribution in [1.29, 1.82) is 0 Å². The lowest BCUT2D eigenvalue weighted by Gasteiger charge is -2.50. The first kappa shape index (κ1) is 16.6. The molecule has 0 N–H and O–H groups in total. The summed E-state index contributed by atoms with van der Waals surface area (Å²) in [6.45, 7) is 2.28. The van der Waals surface area contributed by atoms with Crippen LogP contribution in [0.2, 0.25) is 0 Å². The first-order valence-electron chi connectivity index (χ1n) is 9.62. The van der Waals surface area contributed by atoms with Gasteiger partial charge in [0.15, 0.2) is 0 Å². The lowest BCUT2D eigenvalue weighted by Crippen LogP contribution is -2.60. The van der Waals surface area contributed by atoms with Gasteiger partial charge < -0.3 is 4.74 Å². The molecule has 6 rings (SSSR count). The maximum Gasteiger partial charge on any atom is 0.214 e. The van der Waals surface area contributed by atoms with Crippen LogP contribution in [0.5, 0.6) is 5.88 Å². The van der Waals surface area contributed by atoms with Gasteiger partial charge in [-0.2, -0.15) is 0 Å². The van der Waals surface area contributed by atoms with E-state index < -0.39 is 0 Å². The van der Waals surface area contributed by atoms with E-state index in [0.717, 1.165) is 30.4 Å². The van der Waals surface area contributed by atoms with Gasteiger partial charge in [0, 0.05) is 23.8 Å². The zero-order chi connectivity index (χ0) is 18.2. The van der Waals surface area contributed by atoms with Crippen molar-refractivity contribution >= 4 is 10.9 Å². The summed E-state index contributed by atoms with van der Waals surface area (Å²) in [7, 11) is 0. The summed E-state index contributed by atoms with van der Waals surface area (Å²) in [5.74, 6) is 0.943. The highest BCUT2D eigenvalue weighted by molar-refractivity contribution is 5.78. The van der Waals surface area contributed by atoms with Crippen LogP contribution >= 0.6 is 0 Å². The molecule has 138 valence electrons. The number of halogens is 1. The van der Waals surface area contributed by atoms with Gasteiger partial charge in [-0.3, -0.25) is 9.88 Å². The number of benzene rings is 1. The minimum atomic E-state index is -0.244. The zero-order valence-corrected chi connectivity index (χ0v) is 15.1. The number of ether oxygens (including phenoxy) is 1. The summed E-state index contributed by atoms with van der Waals surface area (Å²) < 4.78 is 19.8. The molecule has 3 aromatic rings. The van der Waals surface area contributed by atoms with Crippen molar-refractivity contribution in [1.82, 2.24) is 14.9 Å². The van der Waals surface area contributed by atoms with Crippen LogP contribution in [0.4, 0.5) is 4.39 Å². The molecule has 3 aliphatic heterocycles. The molecule has 27 heavy (non-hydrogen) atoms. The third kappa shape index (κ3) is 3.28. The van der Waals surface area contributed by atoms with E-state index in [0.29, 0.717) is 17.8 Å². The summed E-state index contributed by atoms with van der Waals surface area (Å²) in [6.07, 6.45) is 7.17. The highest BCUT2D eigenvalue weighted by atomic mass is 19.1. The molecule has 3 fully saturated rings. The van der Waals surface area contributed by atoms with Crippen molar-refractivity contribution in [2.75, 3.05) is 13.1 Å². The molecule has 0 radical (unpaired) electrons. The van der Waals surface area contributed by atoms with Gasteiger partial charge in [-0.05, 0) is 74.2 Å². The maximum atomic E-state index is 13.4. The van der Waals surface area contributed by atoms with Crippen LogP contribution in [-0.2, 0) is 6.42 Å². The fourth-order valence-corrected chi connectivity index (χ4v) is 4.56. The second kappa shape index (κ2) is 6.89. The van der Waals surface area contributed by atoms with Crippen LogP contribution in [0.1, 0.15) is 18.4 Å². The van der Waals surface area contributed by atoms with E-state index >= 15 is 0 Å². The lowest BCUT2D eigenvalue weighted by atomic mass is 9.78. The van der Waals surface area contributed by atoms with E-state index in [1.54, 1.807) is 6.07 Å². The Labute approximate surface area is 158 Å². The predicted octanol–water partition coefficient (Wildman–Crippen LogP) is 3.85. The third-order valence-corrected chi connectivity index (χ3v) is 5.94. The summed E-state index contributed by atoms with van der Waals surface area (Å²) in [4.78, 5) is 11.4. The minimum Gasteiger partial charge on any atom is -0.472 e. The van der Waals surface area contributed by atoms with Crippen molar-refractivity contribution in [2.24, 2.45) is 5.92 Å². The quantitative estimate of drug-likeness (QED) is 0.706. The van der Waals surface area contributed by atoms with Crippen LogP contribution in [-0.4, -0.2) is 40.1 Å². The molecule has 3 aliphatic rings. The Morgan fingerprint density at radius 1 is 1.11 bits per heavy atom. The standard InChI is InChI=1S/C22H22FN3O/c23-18-4-5-19-17(13-18)3-6-21(25-19)27-22-16-7-10-26(11-8-16)20(22)12-15-2-1-9-24-14-15/h1-6,9,13-14,16,20,22H,7-8,10-12H2. The van der Waals surface area contributed by atoms with Crippen LogP contribution in [0.15, 0.2) is 54.9 Å². The summed E-state index contributed by atoms with van der Waals surface area (Å²) in [6, 6.07) is 12.9. The molecule has 4 nitrogen and oxygen atoms in total. The summed E-state index contributed by atoms with van der Waals surface area (Å²) in [5.41, 5.74) is 2.00. The number of fused-ring (bicyclic) bond motifs is 4. The Balaban J connectivity index is 1.42. The molecule has 5 heteroatoms. The van der Waals surface area contributed by atoms with Crippen molar-refractivity contribution in [2.45, 2.75) is 31.4 Å².